The van der Waals surface area contributed by atoms with Gasteiger partial charge in [-0.05, 0) is 0 Å². The first-order chi connectivity index (χ1) is 9.38. The van der Waals surface area contributed by atoms with Crippen LogP contribution in [0.1, 0.15) is 42.5 Å². The number of carbonyl (C=O) groups is 2. The highest BCUT2D eigenvalue weighted by atomic mass is 35.5. The van der Waals surface area contributed by atoms with Crippen molar-refractivity contribution in [1.82, 2.24) is 14.9 Å². The Morgan fingerprint density at radius 1 is 1.50 bits per heavy atom. The average molecular weight is 298 g/mol. The van der Waals surface area contributed by atoms with Gasteiger partial charge in [0.15, 0.2) is 5.69 Å². The average Bonchev–Trinajstić information content (AvgIpc) is 2.32. The zero-order chi connectivity index (χ0) is 14.9. The van der Waals surface area contributed by atoms with Gasteiger partial charge >= 0.3 is 5.97 Å². The molecule has 0 saturated carbocycles. The quantitative estimate of drug-likeness (QED) is 0.916. The molecule has 1 amide bonds. The van der Waals surface area contributed by atoms with E-state index in [0.717, 1.165) is 0 Å². The molecule has 7 heteroatoms. The summed E-state index contributed by atoms with van der Waals surface area (Å²) >= 11 is 5.98. The van der Waals surface area contributed by atoms with Gasteiger partial charge in [0.2, 0.25) is 0 Å². The molecule has 1 aliphatic rings. The van der Waals surface area contributed by atoms with Gasteiger partial charge < -0.3 is 10.0 Å². The Bertz CT molecular complexity index is 542. The minimum atomic E-state index is -0.843. The lowest BCUT2D eigenvalue weighted by Gasteiger charge is -2.38. The number of aromatic nitrogens is 2. The van der Waals surface area contributed by atoms with E-state index in [1.54, 1.807) is 4.90 Å². The molecule has 6 nitrogen and oxygen atoms in total. The van der Waals surface area contributed by atoms with Crippen LogP contribution in [0.2, 0.25) is 5.02 Å². The molecule has 20 heavy (non-hydrogen) atoms. The van der Waals surface area contributed by atoms with E-state index in [0.29, 0.717) is 18.9 Å². The first-order valence-electron chi connectivity index (χ1n) is 6.42. The van der Waals surface area contributed by atoms with Crippen molar-refractivity contribution in [3.63, 3.8) is 0 Å². The molecular weight excluding hydrogens is 282 g/mol. The van der Waals surface area contributed by atoms with Crippen molar-refractivity contribution in [2.75, 3.05) is 13.1 Å². The van der Waals surface area contributed by atoms with Crippen LogP contribution in [0.3, 0.4) is 0 Å². The van der Waals surface area contributed by atoms with E-state index in [9.17, 15) is 9.59 Å². The molecule has 0 bridgehead atoms. The Balaban J connectivity index is 2.07. The predicted molar refractivity (Wildman–Crippen MR) is 72.8 cm³/mol. The number of rotatable bonds is 4. The smallest absolute Gasteiger partial charge is 0.303 e. The van der Waals surface area contributed by atoms with Gasteiger partial charge in [0.05, 0.1) is 17.6 Å². The van der Waals surface area contributed by atoms with Crippen LogP contribution in [0.4, 0.5) is 0 Å². The summed E-state index contributed by atoms with van der Waals surface area (Å²) < 4.78 is 0. The van der Waals surface area contributed by atoms with Gasteiger partial charge in [-0.25, -0.2) is 9.97 Å². The maximum atomic E-state index is 12.3. The molecule has 0 aliphatic carbocycles. The molecule has 0 atom stereocenters. The number of halogens is 1. The Morgan fingerprint density at radius 3 is 2.70 bits per heavy atom. The summed E-state index contributed by atoms with van der Waals surface area (Å²) in [6, 6.07) is 0. The number of nitrogens with zero attached hydrogens (tertiary/aromatic N) is 3. The minimum Gasteiger partial charge on any atom is -0.481 e. The van der Waals surface area contributed by atoms with Gasteiger partial charge in [0.1, 0.15) is 5.82 Å². The van der Waals surface area contributed by atoms with E-state index >= 15 is 0 Å². The summed E-state index contributed by atoms with van der Waals surface area (Å²) in [5, 5.41) is 8.91. The van der Waals surface area contributed by atoms with Crippen LogP contribution in [0.5, 0.6) is 0 Å². The molecule has 1 saturated heterocycles. The van der Waals surface area contributed by atoms with Gasteiger partial charge in [-0.15, -0.1) is 0 Å². The second-order valence-electron chi connectivity index (χ2n) is 5.25. The third-order valence-corrected chi connectivity index (χ3v) is 3.47. The van der Waals surface area contributed by atoms with E-state index in [1.807, 2.05) is 13.8 Å². The van der Waals surface area contributed by atoms with Gasteiger partial charge in [0, 0.05) is 24.9 Å². The molecule has 0 radical (unpaired) electrons. The zero-order valence-electron chi connectivity index (χ0n) is 11.3. The SMILES string of the molecule is CC(C)c1ncc(Cl)c(C(=O)N2CC(CC(=O)O)C2)n1. The van der Waals surface area contributed by atoms with Crippen LogP contribution in [-0.2, 0) is 4.79 Å². The fourth-order valence-corrected chi connectivity index (χ4v) is 2.24. The van der Waals surface area contributed by atoms with Crippen molar-refractivity contribution in [3.8, 4) is 0 Å². The van der Waals surface area contributed by atoms with E-state index in [2.05, 4.69) is 9.97 Å². The largest absolute Gasteiger partial charge is 0.481 e. The van der Waals surface area contributed by atoms with Crippen LogP contribution in [-0.4, -0.2) is 44.9 Å². The van der Waals surface area contributed by atoms with Crippen molar-refractivity contribution in [3.05, 3.63) is 22.7 Å². The van der Waals surface area contributed by atoms with E-state index in [1.165, 1.54) is 6.20 Å². The molecule has 2 rings (SSSR count). The second-order valence-corrected chi connectivity index (χ2v) is 5.66. The third-order valence-electron chi connectivity index (χ3n) is 3.19. The number of likely N-dealkylation sites (tertiary alicyclic amines) is 1. The fourth-order valence-electron chi connectivity index (χ4n) is 2.07. The highest BCUT2D eigenvalue weighted by molar-refractivity contribution is 6.33. The third kappa shape index (κ3) is 3.07. The van der Waals surface area contributed by atoms with Crippen LogP contribution >= 0.6 is 11.6 Å². The standard InChI is InChI=1S/C13H16ClN3O3/c1-7(2)12-15-4-9(14)11(16-12)13(20)17-5-8(6-17)3-10(18)19/h4,7-8H,3,5-6H2,1-2H3,(H,18,19). The number of hydrogen-bond acceptors (Lipinski definition) is 4. The highest BCUT2D eigenvalue weighted by Gasteiger charge is 2.34. The summed E-state index contributed by atoms with van der Waals surface area (Å²) in [6.45, 7) is 4.74. The number of carbonyl (C=O) groups excluding carboxylic acids is 1. The number of amides is 1. The number of aliphatic carboxylic acids is 1. The number of carboxylic acids is 1. The van der Waals surface area contributed by atoms with E-state index in [4.69, 9.17) is 16.7 Å². The number of carboxylic acid groups (broad SMARTS) is 1. The van der Waals surface area contributed by atoms with Gasteiger partial charge in [-0.2, -0.15) is 0 Å². The summed E-state index contributed by atoms with van der Waals surface area (Å²) in [5.41, 5.74) is 0.194. The summed E-state index contributed by atoms with van der Waals surface area (Å²) in [7, 11) is 0. The molecule has 0 spiro atoms. The van der Waals surface area contributed by atoms with Crippen molar-refractivity contribution in [2.45, 2.75) is 26.2 Å². The summed E-state index contributed by atoms with van der Waals surface area (Å²) in [6.07, 6.45) is 1.52. The Hall–Kier alpha value is -1.69. The summed E-state index contributed by atoms with van der Waals surface area (Å²) in [5.74, 6) is -0.415. The molecule has 0 aromatic carbocycles. The molecule has 1 fully saturated rings. The van der Waals surface area contributed by atoms with Crippen LogP contribution in [0.25, 0.3) is 0 Å². The van der Waals surface area contributed by atoms with E-state index in [-0.39, 0.29) is 34.9 Å². The van der Waals surface area contributed by atoms with Crippen molar-refractivity contribution in [1.29, 1.82) is 0 Å². The normalized spacial score (nSPS) is 15.3. The first-order valence-corrected chi connectivity index (χ1v) is 6.79. The lowest BCUT2D eigenvalue weighted by Crippen LogP contribution is -2.50. The maximum absolute atomic E-state index is 12.3. The fraction of sp³-hybridized carbons (Fsp3) is 0.538. The molecule has 2 heterocycles. The van der Waals surface area contributed by atoms with Crippen molar-refractivity contribution < 1.29 is 14.7 Å². The first kappa shape index (κ1) is 14.7. The molecule has 1 aliphatic heterocycles. The Kier molecular flexibility index (Phi) is 4.23. The molecular formula is C13H16ClN3O3. The number of hydrogen-bond donors (Lipinski definition) is 1. The molecule has 108 valence electrons. The molecule has 1 N–H and O–H groups in total. The Labute approximate surface area is 121 Å². The van der Waals surface area contributed by atoms with Crippen LogP contribution < -0.4 is 0 Å². The van der Waals surface area contributed by atoms with Gasteiger partial charge in [-0.3, -0.25) is 9.59 Å². The van der Waals surface area contributed by atoms with E-state index < -0.39 is 5.97 Å². The monoisotopic (exact) mass is 297 g/mol. The van der Waals surface area contributed by atoms with Crippen LogP contribution in [0.15, 0.2) is 6.20 Å². The maximum Gasteiger partial charge on any atom is 0.303 e. The zero-order valence-corrected chi connectivity index (χ0v) is 12.1. The summed E-state index contributed by atoms with van der Waals surface area (Å²) in [4.78, 5) is 32.7. The van der Waals surface area contributed by atoms with Crippen molar-refractivity contribution in [2.24, 2.45) is 5.92 Å². The highest BCUT2D eigenvalue weighted by Crippen LogP contribution is 2.24. The topological polar surface area (TPSA) is 83.4 Å². The lowest BCUT2D eigenvalue weighted by molar-refractivity contribution is -0.139. The van der Waals surface area contributed by atoms with Gasteiger partial charge in [0.25, 0.3) is 5.91 Å². The van der Waals surface area contributed by atoms with Crippen molar-refractivity contribution >= 4 is 23.5 Å². The predicted octanol–water partition coefficient (Wildman–Crippen LogP) is 1.80. The second kappa shape index (κ2) is 5.75. The Morgan fingerprint density at radius 2 is 2.15 bits per heavy atom. The molecule has 1 aromatic heterocycles. The van der Waals surface area contributed by atoms with Gasteiger partial charge in [-0.1, -0.05) is 25.4 Å². The minimum absolute atomic E-state index is 0.0154. The lowest BCUT2D eigenvalue weighted by atomic mass is 9.96. The molecule has 1 aromatic rings. The van der Waals surface area contributed by atoms with Crippen LogP contribution in [0, 0.1) is 5.92 Å². The molecule has 0 unspecified atom stereocenters.